The molecule has 17 nitrogen and oxygen atoms in total. The minimum atomic E-state index is -1.35. The smallest absolute Gasteiger partial charge is 0.246 e. The number of allylic oxidation sites excluding steroid dienone is 1. The number of nitrogens with zero attached hydrogens (tertiary/aromatic N) is 6. The minimum absolute atomic E-state index is 0.0412. The zero-order valence-corrected chi connectivity index (χ0v) is 45.1. The quantitative estimate of drug-likeness (QED) is 0.118. The van der Waals surface area contributed by atoms with Gasteiger partial charge in [0.25, 0.3) is 0 Å². The normalized spacial score (nSPS) is 23.1. The maximum atomic E-state index is 15.5. The summed E-state index contributed by atoms with van der Waals surface area (Å²) in [5.41, 5.74) is 3.30. The number of amides is 7. The molecule has 0 aliphatic carbocycles. The van der Waals surface area contributed by atoms with Gasteiger partial charge in [0, 0.05) is 69.4 Å². The van der Waals surface area contributed by atoms with Crippen LogP contribution in [0.4, 0.5) is 4.39 Å². The first-order valence-corrected chi connectivity index (χ1v) is 26.3. The summed E-state index contributed by atoms with van der Waals surface area (Å²) in [6.07, 6.45) is 7.71. The van der Waals surface area contributed by atoms with Crippen LogP contribution in [0, 0.1) is 17.7 Å². The molecule has 18 heteroatoms. The predicted octanol–water partition coefficient (Wildman–Crippen LogP) is 5.38. The largest absolute Gasteiger partial charge is 0.343 e. The van der Waals surface area contributed by atoms with Gasteiger partial charge in [-0.2, -0.15) is 0 Å². The number of rotatable bonds is 12. The Labute approximate surface area is 444 Å². The summed E-state index contributed by atoms with van der Waals surface area (Å²) in [4.78, 5) is 117. The van der Waals surface area contributed by atoms with E-state index in [0.717, 1.165) is 10.9 Å². The number of benzene rings is 3. The van der Waals surface area contributed by atoms with Gasteiger partial charge >= 0.3 is 0 Å². The average molecular weight is 1040 g/mol. The molecule has 7 atom stereocenters. The van der Waals surface area contributed by atoms with E-state index in [1.54, 1.807) is 30.6 Å². The molecule has 0 radical (unpaired) electrons. The van der Waals surface area contributed by atoms with Crippen LogP contribution in [0.15, 0.2) is 98.0 Å². The van der Waals surface area contributed by atoms with Gasteiger partial charge in [-0.15, -0.1) is 6.58 Å². The first kappa shape index (κ1) is 56.2. The van der Waals surface area contributed by atoms with Crippen molar-refractivity contribution in [2.45, 2.75) is 141 Å². The molecule has 2 fully saturated rings. The summed E-state index contributed by atoms with van der Waals surface area (Å²) in [5.74, 6) is -5.15. The Kier molecular flexibility index (Phi) is 17.8. The molecular weight excluding hydrogens is 968 g/mol. The fourth-order valence-electron chi connectivity index (χ4n) is 10.4. The molecule has 2 aromatic heterocycles. The highest BCUT2D eigenvalue weighted by Gasteiger charge is 2.43. The standard InChI is InChI=1S/C58H73FN10O7/c1-11-58(7,8)69-33-39(41-15-12-13-16-47(41)69)32-46-56(75)67(10)49(27-34(2)3)53(72)63-45(31-38-20-23-42-43(30-38)61-25-24-60-42)51(70)62-36(6)55(74)66(9)48-17-14-26-68(57(48)76)50(28-35(4)5)54(73)64-44(52(71)65-46)29-37-18-21-40(59)22-19-37/h11-13,15-16,18-25,30,33-36,44-46,48-50H,1,14,17,26-29,31-32H2,2-10H3,(H,62,70)(H,63,72)(H,64,73)(H,65,71)/t36-,44-,45-,46-,48-,49-,50-/m0/s1. The van der Waals surface area contributed by atoms with E-state index in [-0.39, 0.29) is 56.9 Å². The van der Waals surface area contributed by atoms with Gasteiger partial charge in [-0.05, 0) is 105 Å². The molecule has 5 aromatic rings. The molecule has 0 saturated carbocycles. The highest BCUT2D eigenvalue weighted by Crippen LogP contribution is 2.30. The number of halogens is 1. The topological polar surface area (TPSA) is 208 Å². The van der Waals surface area contributed by atoms with Gasteiger partial charge in [0.05, 0.1) is 16.6 Å². The van der Waals surface area contributed by atoms with E-state index >= 15 is 14.4 Å². The second-order valence-corrected chi connectivity index (χ2v) is 21.8. The van der Waals surface area contributed by atoms with Crippen LogP contribution in [-0.4, -0.2) is 134 Å². The van der Waals surface area contributed by atoms with Crippen LogP contribution in [-0.2, 0) is 58.4 Å². The monoisotopic (exact) mass is 1040 g/mol. The molecule has 2 saturated heterocycles. The van der Waals surface area contributed by atoms with Gasteiger partial charge in [-0.3, -0.25) is 43.5 Å². The number of para-hydroxylation sites is 1. The number of hydrogen-bond donors (Lipinski definition) is 4. The summed E-state index contributed by atoms with van der Waals surface area (Å²) < 4.78 is 16.4. The highest BCUT2D eigenvalue weighted by atomic mass is 19.1. The number of carbonyl (C=O) groups excluding carboxylic acids is 7. The molecule has 7 amide bonds. The lowest BCUT2D eigenvalue weighted by atomic mass is 9.95. The maximum absolute atomic E-state index is 15.5. The fourth-order valence-corrected chi connectivity index (χ4v) is 10.4. The van der Waals surface area contributed by atoms with Crippen LogP contribution < -0.4 is 21.3 Å². The van der Waals surface area contributed by atoms with Gasteiger partial charge in [-0.1, -0.05) is 70.2 Å². The lowest BCUT2D eigenvalue weighted by Gasteiger charge is -2.41. The zero-order valence-electron chi connectivity index (χ0n) is 45.1. The van der Waals surface area contributed by atoms with Crippen molar-refractivity contribution >= 4 is 63.3 Å². The number of piperidine rings is 1. The number of fused-ring (bicyclic) bond motifs is 4. The Morgan fingerprint density at radius 3 is 1.92 bits per heavy atom. The molecule has 4 N–H and O–H groups in total. The molecule has 0 spiro atoms. The lowest BCUT2D eigenvalue weighted by Crippen LogP contribution is -2.62. The van der Waals surface area contributed by atoms with Crippen molar-refractivity contribution in [1.82, 2.24) is 50.5 Å². The third-order valence-electron chi connectivity index (χ3n) is 14.7. The van der Waals surface area contributed by atoms with Gasteiger partial charge in [0.15, 0.2) is 0 Å². The number of likely N-dealkylation sites (N-methyl/N-ethyl adjacent to an activating group) is 2. The molecule has 0 unspecified atom stereocenters. The van der Waals surface area contributed by atoms with E-state index in [4.69, 9.17) is 0 Å². The Bertz CT molecular complexity index is 2970. The predicted molar refractivity (Wildman–Crippen MR) is 289 cm³/mol. The lowest BCUT2D eigenvalue weighted by molar-refractivity contribution is -0.153. The Balaban J connectivity index is 1.36. The molecule has 3 aromatic carbocycles. The van der Waals surface area contributed by atoms with Crippen molar-refractivity contribution in [2.24, 2.45) is 11.8 Å². The molecular formula is C58H73FN10O7. The molecule has 4 heterocycles. The minimum Gasteiger partial charge on any atom is -0.343 e. The van der Waals surface area contributed by atoms with E-state index in [9.17, 15) is 23.6 Å². The SMILES string of the molecule is C=CC(C)(C)n1cc(C[C@@H]2NC(=O)[C@H](Cc3ccc(F)cc3)NC(=O)[C@H](CC(C)C)N3CCC[C@@H](C3=O)N(C)C(=O)[C@H](C)NC(=O)[C@H](Cc3ccc4nccnc4c3)NC(=O)[C@H](CC(C)C)N(C)C2=O)c2ccccc21. The Morgan fingerprint density at radius 1 is 0.684 bits per heavy atom. The highest BCUT2D eigenvalue weighted by molar-refractivity contribution is 5.99. The van der Waals surface area contributed by atoms with Crippen LogP contribution in [0.5, 0.6) is 0 Å². The van der Waals surface area contributed by atoms with Crippen molar-refractivity contribution in [1.29, 1.82) is 0 Å². The molecule has 404 valence electrons. The van der Waals surface area contributed by atoms with Gasteiger partial charge in [0.2, 0.25) is 41.4 Å². The summed E-state index contributed by atoms with van der Waals surface area (Å²) in [6, 6.07) is 10.1. The van der Waals surface area contributed by atoms with Crippen molar-refractivity contribution in [3.63, 3.8) is 0 Å². The third-order valence-corrected chi connectivity index (χ3v) is 14.7. The number of carbonyl (C=O) groups is 7. The summed E-state index contributed by atoms with van der Waals surface area (Å²) >= 11 is 0. The fraction of sp³-hybridized carbons (Fsp3) is 0.466. The first-order chi connectivity index (χ1) is 36.1. The Morgan fingerprint density at radius 2 is 1.26 bits per heavy atom. The second kappa shape index (κ2) is 24.0. The third kappa shape index (κ3) is 12.9. The number of hydrogen-bond acceptors (Lipinski definition) is 9. The molecule has 2 aliphatic heterocycles. The Hall–Kier alpha value is -7.50. The van der Waals surface area contributed by atoms with E-state index in [1.807, 2.05) is 82.6 Å². The number of nitrogens with one attached hydrogen (secondary N) is 4. The first-order valence-electron chi connectivity index (χ1n) is 26.3. The average Bonchev–Trinajstić information content (AvgIpc) is 3.77. The van der Waals surface area contributed by atoms with E-state index < -0.39 is 95.0 Å². The van der Waals surface area contributed by atoms with Gasteiger partial charge < -0.3 is 40.5 Å². The van der Waals surface area contributed by atoms with Crippen LogP contribution >= 0.6 is 0 Å². The molecule has 2 aliphatic rings. The van der Waals surface area contributed by atoms with Crippen LogP contribution in [0.25, 0.3) is 21.9 Å². The zero-order chi connectivity index (χ0) is 55.2. The van der Waals surface area contributed by atoms with Crippen LogP contribution in [0.2, 0.25) is 0 Å². The van der Waals surface area contributed by atoms with Crippen molar-refractivity contribution in [3.8, 4) is 0 Å². The van der Waals surface area contributed by atoms with Crippen LogP contribution in [0.1, 0.15) is 90.8 Å². The maximum Gasteiger partial charge on any atom is 0.246 e. The molecule has 2 bridgehead atoms. The van der Waals surface area contributed by atoms with Crippen LogP contribution in [0.3, 0.4) is 0 Å². The molecule has 76 heavy (non-hydrogen) atoms. The van der Waals surface area contributed by atoms with Crippen molar-refractivity contribution in [3.05, 3.63) is 120 Å². The summed E-state index contributed by atoms with van der Waals surface area (Å²) in [6.45, 7) is 17.4. The summed E-state index contributed by atoms with van der Waals surface area (Å²) in [7, 11) is 2.97. The van der Waals surface area contributed by atoms with Crippen molar-refractivity contribution in [2.75, 3.05) is 20.6 Å². The van der Waals surface area contributed by atoms with Gasteiger partial charge in [-0.25, -0.2) is 4.39 Å². The second-order valence-electron chi connectivity index (χ2n) is 21.8. The van der Waals surface area contributed by atoms with E-state index in [2.05, 4.69) is 37.8 Å². The summed E-state index contributed by atoms with van der Waals surface area (Å²) in [5, 5.41) is 12.5. The van der Waals surface area contributed by atoms with E-state index in [1.165, 1.54) is 60.0 Å². The molecule has 7 rings (SSSR count). The van der Waals surface area contributed by atoms with E-state index in [0.29, 0.717) is 34.1 Å². The van der Waals surface area contributed by atoms with Gasteiger partial charge in [0.1, 0.15) is 48.1 Å². The van der Waals surface area contributed by atoms with Crippen molar-refractivity contribution < 1.29 is 38.0 Å². The number of aromatic nitrogens is 3.